The summed E-state index contributed by atoms with van der Waals surface area (Å²) in [7, 11) is -5.51. The smallest absolute Gasteiger partial charge is 0.367 e. The van der Waals surface area contributed by atoms with Gasteiger partial charge in [-0.2, -0.15) is 21.6 Å². The largest absolute Gasteiger partial charge is 0.516 e. The highest BCUT2D eigenvalue weighted by molar-refractivity contribution is 8.18. The molecule has 0 atom stereocenters. The zero-order valence-electron chi connectivity index (χ0n) is 19.7. The van der Waals surface area contributed by atoms with Crippen molar-refractivity contribution >= 4 is 56.0 Å². The van der Waals surface area contributed by atoms with Gasteiger partial charge in [-0.05, 0) is 77.3 Å². The van der Waals surface area contributed by atoms with Crippen molar-refractivity contribution in [3.63, 3.8) is 0 Å². The van der Waals surface area contributed by atoms with Gasteiger partial charge in [0.1, 0.15) is 0 Å². The Hall–Kier alpha value is -3.77. The van der Waals surface area contributed by atoms with Gasteiger partial charge in [0.15, 0.2) is 5.17 Å². The number of amidine groups is 1. The van der Waals surface area contributed by atoms with E-state index in [9.17, 15) is 26.4 Å². The van der Waals surface area contributed by atoms with Gasteiger partial charge in [0.05, 0.1) is 10.6 Å². The Morgan fingerprint density at radius 2 is 1.66 bits per heavy atom. The summed E-state index contributed by atoms with van der Waals surface area (Å²) in [6, 6.07) is 21.4. The molecule has 2 N–H and O–H groups in total. The van der Waals surface area contributed by atoms with Crippen molar-refractivity contribution in [3.8, 4) is 0 Å². The number of sulfonamides is 1. The van der Waals surface area contributed by atoms with Crippen molar-refractivity contribution in [2.75, 3.05) is 16.2 Å². The van der Waals surface area contributed by atoms with Crippen LogP contribution in [0.1, 0.15) is 16.7 Å². The summed E-state index contributed by atoms with van der Waals surface area (Å²) in [5.74, 6) is -0.319. The average molecular weight is 559 g/mol. The van der Waals surface area contributed by atoms with E-state index in [4.69, 9.17) is 0 Å². The summed E-state index contributed by atoms with van der Waals surface area (Å²) in [5, 5.41) is 2.95. The predicted octanol–water partition coefficient (Wildman–Crippen LogP) is 5.40. The molecule has 196 valence electrons. The third kappa shape index (κ3) is 5.70. The molecule has 12 heteroatoms. The number of anilines is 2. The first kappa shape index (κ1) is 25.9. The fourth-order valence-electron chi connectivity index (χ4n) is 4.06. The van der Waals surface area contributed by atoms with Gasteiger partial charge < -0.3 is 10.2 Å². The molecule has 7 nitrogen and oxygen atoms in total. The van der Waals surface area contributed by atoms with Crippen LogP contribution >= 0.6 is 11.8 Å². The van der Waals surface area contributed by atoms with Crippen LogP contribution in [0.25, 0.3) is 6.08 Å². The number of aliphatic imine (C=N–C) groups is 1. The molecule has 0 aromatic heterocycles. The van der Waals surface area contributed by atoms with Gasteiger partial charge >= 0.3 is 15.5 Å². The molecule has 0 unspecified atom stereocenters. The topological polar surface area (TPSA) is 90.9 Å². The maximum absolute atomic E-state index is 12.5. The Kier molecular flexibility index (Phi) is 6.93. The van der Waals surface area contributed by atoms with E-state index in [1.165, 1.54) is 28.0 Å². The van der Waals surface area contributed by atoms with Crippen LogP contribution < -0.4 is 14.9 Å². The lowest BCUT2D eigenvalue weighted by molar-refractivity contribution is -0.115. The Labute approximate surface area is 221 Å². The number of nitrogens with zero attached hydrogens (tertiary/aromatic N) is 2. The quantitative estimate of drug-likeness (QED) is 0.409. The summed E-state index contributed by atoms with van der Waals surface area (Å²) in [5.41, 5.74) is -0.676. The minimum atomic E-state index is -5.51. The lowest BCUT2D eigenvalue weighted by Gasteiger charge is -2.30. The van der Waals surface area contributed by atoms with E-state index in [2.05, 4.69) is 39.5 Å². The number of rotatable bonds is 5. The Bertz CT molecular complexity index is 1540. The van der Waals surface area contributed by atoms with Crippen LogP contribution in [0.15, 0.2) is 82.7 Å². The maximum atomic E-state index is 12.5. The number of carbonyl (C=O) groups excluding carboxylic acids is 1. The number of alkyl halides is 3. The molecule has 1 amide bonds. The van der Waals surface area contributed by atoms with Gasteiger partial charge in [-0.25, -0.2) is 4.99 Å². The molecule has 0 aliphatic carbocycles. The van der Waals surface area contributed by atoms with Crippen LogP contribution in [-0.2, 0) is 27.8 Å². The molecule has 38 heavy (non-hydrogen) atoms. The monoisotopic (exact) mass is 558 g/mol. The van der Waals surface area contributed by atoms with Gasteiger partial charge in [-0.1, -0.05) is 36.4 Å². The number of fused-ring (bicyclic) bond motifs is 1. The predicted molar refractivity (Wildman–Crippen MR) is 143 cm³/mol. The minimum Gasteiger partial charge on any atom is -0.367 e. The fourth-order valence-corrected chi connectivity index (χ4v) is 5.47. The molecule has 0 spiro atoms. The lowest BCUT2D eigenvalue weighted by Crippen LogP contribution is -2.30. The molecule has 1 saturated heterocycles. The summed E-state index contributed by atoms with van der Waals surface area (Å²) < 4.78 is 61.5. The first-order chi connectivity index (χ1) is 18.1. The third-order valence-electron chi connectivity index (χ3n) is 5.99. The SMILES string of the molecule is O=C1NC(=Nc2ccc(NS(=O)(=O)C(F)(F)F)cc2)SC1=Cc1ccc(N2CCc3ccccc3C2)cc1. The molecule has 1 fully saturated rings. The lowest BCUT2D eigenvalue weighted by atomic mass is 9.99. The van der Waals surface area contributed by atoms with Crippen molar-refractivity contribution in [1.82, 2.24) is 5.32 Å². The van der Waals surface area contributed by atoms with Crippen molar-refractivity contribution in [2.45, 2.75) is 18.5 Å². The maximum Gasteiger partial charge on any atom is 0.516 e. The van der Waals surface area contributed by atoms with E-state index in [0.29, 0.717) is 15.8 Å². The van der Waals surface area contributed by atoms with E-state index in [1.54, 1.807) is 6.08 Å². The zero-order chi connectivity index (χ0) is 26.9. The van der Waals surface area contributed by atoms with Crippen molar-refractivity contribution in [2.24, 2.45) is 4.99 Å². The molecule has 0 radical (unpaired) electrons. The standard InChI is InChI=1S/C26H21F3N4O3S2/c27-26(28,29)38(35,36)32-21-9-7-20(8-10-21)30-25-31-24(34)23(37-25)15-17-5-11-22(12-6-17)33-14-13-18-3-1-2-4-19(18)16-33/h1-12,15,32H,13-14,16H2,(H,30,31,34). The van der Waals surface area contributed by atoms with E-state index in [-0.39, 0.29) is 11.6 Å². The first-order valence-electron chi connectivity index (χ1n) is 11.5. The number of benzene rings is 3. The Morgan fingerprint density at radius 3 is 2.34 bits per heavy atom. The molecule has 5 rings (SSSR count). The molecule has 0 bridgehead atoms. The first-order valence-corrected chi connectivity index (χ1v) is 13.8. The van der Waals surface area contributed by atoms with Gasteiger partial charge in [0.25, 0.3) is 5.91 Å². The molecule has 3 aromatic carbocycles. The van der Waals surface area contributed by atoms with Crippen molar-refractivity contribution in [1.29, 1.82) is 0 Å². The number of hydrogen-bond acceptors (Lipinski definition) is 6. The average Bonchev–Trinajstić information content (AvgIpc) is 3.22. The van der Waals surface area contributed by atoms with Crippen LogP contribution in [0.5, 0.6) is 0 Å². The van der Waals surface area contributed by atoms with Gasteiger partial charge in [-0.15, -0.1) is 0 Å². The van der Waals surface area contributed by atoms with Crippen LogP contribution in [0.4, 0.5) is 30.2 Å². The van der Waals surface area contributed by atoms with Gasteiger partial charge in [0.2, 0.25) is 0 Å². The normalized spacial score (nSPS) is 18.0. The number of nitrogens with one attached hydrogen (secondary N) is 2. The molecular weight excluding hydrogens is 537 g/mol. The summed E-state index contributed by atoms with van der Waals surface area (Å²) in [4.78, 5) is 19.5. The Morgan fingerprint density at radius 1 is 0.974 bits per heavy atom. The van der Waals surface area contributed by atoms with Gasteiger partial charge in [0, 0.05) is 24.5 Å². The molecule has 2 heterocycles. The highest BCUT2D eigenvalue weighted by Crippen LogP contribution is 2.31. The van der Waals surface area contributed by atoms with Crippen molar-refractivity contribution in [3.05, 3.63) is 94.4 Å². The second-order valence-corrected chi connectivity index (χ2v) is 11.3. The second kappa shape index (κ2) is 10.2. The summed E-state index contributed by atoms with van der Waals surface area (Å²) in [6.07, 6.45) is 2.75. The summed E-state index contributed by atoms with van der Waals surface area (Å²) in [6.45, 7) is 1.79. The van der Waals surface area contributed by atoms with Crippen LogP contribution in [0.3, 0.4) is 0 Å². The molecule has 3 aromatic rings. The van der Waals surface area contributed by atoms with Crippen LogP contribution in [-0.4, -0.2) is 31.5 Å². The minimum absolute atomic E-state index is 0.257. The number of halogens is 3. The zero-order valence-corrected chi connectivity index (χ0v) is 21.3. The summed E-state index contributed by atoms with van der Waals surface area (Å²) >= 11 is 1.13. The fraction of sp³-hybridized carbons (Fsp3) is 0.154. The van der Waals surface area contributed by atoms with E-state index < -0.39 is 15.5 Å². The Balaban J connectivity index is 1.24. The molecule has 2 aliphatic heterocycles. The van der Waals surface area contributed by atoms with E-state index in [1.807, 2.05) is 24.3 Å². The highest BCUT2D eigenvalue weighted by atomic mass is 32.2. The van der Waals surface area contributed by atoms with E-state index >= 15 is 0 Å². The third-order valence-corrected chi connectivity index (χ3v) is 8.02. The highest BCUT2D eigenvalue weighted by Gasteiger charge is 2.46. The number of hydrogen-bond donors (Lipinski definition) is 2. The second-order valence-electron chi connectivity index (χ2n) is 8.61. The van der Waals surface area contributed by atoms with Crippen LogP contribution in [0.2, 0.25) is 0 Å². The van der Waals surface area contributed by atoms with Crippen LogP contribution in [0, 0.1) is 0 Å². The number of amides is 1. The molecule has 2 aliphatic rings. The van der Waals surface area contributed by atoms with Gasteiger partial charge in [-0.3, -0.25) is 9.52 Å². The van der Waals surface area contributed by atoms with Crippen molar-refractivity contribution < 1.29 is 26.4 Å². The molecule has 0 saturated carbocycles. The molecular formula is C26H21F3N4O3S2. The number of carbonyl (C=O) groups is 1. The van der Waals surface area contributed by atoms with E-state index in [0.717, 1.165) is 54.7 Å². The number of thioether (sulfide) groups is 1.